The van der Waals surface area contributed by atoms with Crippen molar-refractivity contribution in [2.45, 2.75) is 20.0 Å². The molecule has 0 saturated heterocycles. The quantitative estimate of drug-likeness (QED) is 0.576. The molecular weight excluding hydrogens is 214 g/mol. The predicted molar refractivity (Wildman–Crippen MR) is 64.8 cm³/mol. The van der Waals surface area contributed by atoms with Crippen LogP contribution in [0.1, 0.15) is 18.9 Å². The van der Waals surface area contributed by atoms with Crippen molar-refractivity contribution in [3.05, 3.63) is 48.0 Å². The van der Waals surface area contributed by atoms with Gasteiger partial charge in [-0.1, -0.05) is 43.8 Å². The summed E-state index contributed by atoms with van der Waals surface area (Å²) in [4.78, 5) is 11.5. The van der Waals surface area contributed by atoms with Gasteiger partial charge in [-0.05, 0) is 5.56 Å². The Kier molecular flexibility index (Phi) is 4.96. The SMILES string of the molecule is C=C(C#N)[C@H](C)CC(=O)OCc1ccccc1. The zero-order valence-electron chi connectivity index (χ0n) is 9.85. The van der Waals surface area contributed by atoms with Crippen molar-refractivity contribution in [1.29, 1.82) is 5.26 Å². The Morgan fingerprint density at radius 2 is 2.12 bits per heavy atom. The summed E-state index contributed by atoms with van der Waals surface area (Å²) in [6.07, 6.45) is 0.194. The molecular formula is C14H15NO2. The molecule has 0 bridgehead atoms. The third-order valence-electron chi connectivity index (χ3n) is 2.45. The molecule has 0 amide bonds. The number of benzene rings is 1. The van der Waals surface area contributed by atoms with Crippen LogP contribution in [0.25, 0.3) is 0 Å². The van der Waals surface area contributed by atoms with Crippen LogP contribution in [0.4, 0.5) is 0 Å². The number of ether oxygens (including phenoxy) is 1. The van der Waals surface area contributed by atoms with Gasteiger partial charge >= 0.3 is 5.97 Å². The molecule has 0 aliphatic heterocycles. The van der Waals surface area contributed by atoms with E-state index in [1.807, 2.05) is 36.4 Å². The van der Waals surface area contributed by atoms with Gasteiger partial charge in [0, 0.05) is 11.5 Å². The Morgan fingerprint density at radius 3 is 2.71 bits per heavy atom. The Bertz CT molecular complexity index is 431. The fourth-order valence-electron chi connectivity index (χ4n) is 1.28. The molecule has 0 aliphatic carbocycles. The first kappa shape index (κ1) is 13.0. The van der Waals surface area contributed by atoms with Crippen LogP contribution in [0.15, 0.2) is 42.5 Å². The molecule has 0 heterocycles. The number of allylic oxidation sites excluding steroid dienone is 1. The van der Waals surface area contributed by atoms with E-state index in [0.29, 0.717) is 5.57 Å². The molecule has 0 saturated carbocycles. The largest absolute Gasteiger partial charge is 0.461 e. The van der Waals surface area contributed by atoms with E-state index in [1.165, 1.54) is 0 Å². The maximum atomic E-state index is 11.5. The van der Waals surface area contributed by atoms with Crippen LogP contribution in [-0.2, 0) is 16.1 Å². The lowest BCUT2D eigenvalue weighted by Crippen LogP contribution is -2.10. The van der Waals surface area contributed by atoms with Gasteiger partial charge in [-0.25, -0.2) is 0 Å². The number of nitriles is 1. The lowest BCUT2D eigenvalue weighted by Gasteiger charge is -2.09. The standard InChI is InChI=1S/C14H15NO2/c1-11(12(2)9-15)8-14(16)17-10-13-6-4-3-5-7-13/h3-7,11H,2,8,10H2,1H3/t11-/m1/s1. The molecule has 3 heteroatoms. The minimum atomic E-state index is -0.308. The lowest BCUT2D eigenvalue weighted by molar-refractivity contribution is -0.145. The summed E-state index contributed by atoms with van der Waals surface area (Å²) >= 11 is 0. The Hall–Kier alpha value is -2.08. The predicted octanol–water partition coefficient (Wildman–Crippen LogP) is 2.84. The van der Waals surface area contributed by atoms with Gasteiger partial charge in [-0.3, -0.25) is 4.79 Å². The molecule has 0 radical (unpaired) electrons. The van der Waals surface area contributed by atoms with Crippen LogP contribution in [0.3, 0.4) is 0 Å². The second-order valence-corrected chi connectivity index (χ2v) is 3.89. The van der Waals surface area contributed by atoms with Gasteiger partial charge in [0.25, 0.3) is 0 Å². The fraction of sp³-hybridized carbons (Fsp3) is 0.286. The number of rotatable bonds is 5. The monoisotopic (exact) mass is 229 g/mol. The summed E-state index contributed by atoms with van der Waals surface area (Å²) in [6, 6.07) is 11.4. The molecule has 0 fully saturated rings. The summed E-state index contributed by atoms with van der Waals surface area (Å²) in [5, 5.41) is 8.62. The van der Waals surface area contributed by atoms with Gasteiger partial charge in [0.15, 0.2) is 0 Å². The zero-order valence-corrected chi connectivity index (χ0v) is 9.85. The average Bonchev–Trinajstić information content (AvgIpc) is 2.36. The lowest BCUT2D eigenvalue weighted by atomic mass is 10.0. The fourth-order valence-corrected chi connectivity index (χ4v) is 1.28. The third-order valence-corrected chi connectivity index (χ3v) is 2.45. The smallest absolute Gasteiger partial charge is 0.306 e. The topological polar surface area (TPSA) is 50.1 Å². The molecule has 0 spiro atoms. The van der Waals surface area contributed by atoms with E-state index in [-0.39, 0.29) is 24.9 Å². The highest BCUT2D eigenvalue weighted by Gasteiger charge is 2.12. The highest BCUT2D eigenvalue weighted by molar-refractivity contribution is 5.70. The number of esters is 1. The molecule has 0 aromatic heterocycles. The van der Waals surface area contributed by atoms with Crippen LogP contribution in [0, 0.1) is 17.2 Å². The average molecular weight is 229 g/mol. The normalized spacial score (nSPS) is 11.3. The van der Waals surface area contributed by atoms with E-state index in [4.69, 9.17) is 10.00 Å². The van der Waals surface area contributed by atoms with Crippen molar-refractivity contribution in [3.63, 3.8) is 0 Å². The van der Waals surface area contributed by atoms with Gasteiger partial charge in [0.2, 0.25) is 0 Å². The molecule has 0 unspecified atom stereocenters. The summed E-state index contributed by atoms with van der Waals surface area (Å²) < 4.78 is 5.10. The van der Waals surface area contributed by atoms with Crippen molar-refractivity contribution in [2.24, 2.45) is 5.92 Å². The molecule has 1 atom stereocenters. The number of hydrogen-bond donors (Lipinski definition) is 0. The van der Waals surface area contributed by atoms with Gasteiger partial charge in [0.05, 0.1) is 12.5 Å². The van der Waals surface area contributed by atoms with Gasteiger partial charge < -0.3 is 4.74 Å². The third kappa shape index (κ3) is 4.52. The van der Waals surface area contributed by atoms with E-state index in [0.717, 1.165) is 5.56 Å². The van der Waals surface area contributed by atoms with Crippen molar-refractivity contribution >= 4 is 5.97 Å². The molecule has 88 valence electrons. The summed E-state index contributed by atoms with van der Waals surface area (Å²) in [5.41, 5.74) is 1.36. The molecule has 1 rings (SSSR count). The highest BCUT2D eigenvalue weighted by Crippen LogP contribution is 2.13. The van der Waals surface area contributed by atoms with Crippen LogP contribution in [-0.4, -0.2) is 5.97 Å². The van der Waals surface area contributed by atoms with Crippen LogP contribution >= 0.6 is 0 Å². The Morgan fingerprint density at radius 1 is 1.47 bits per heavy atom. The first-order valence-electron chi connectivity index (χ1n) is 5.42. The Labute approximate surface area is 101 Å². The summed E-state index contributed by atoms with van der Waals surface area (Å²) in [6.45, 7) is 5.63. The number of carbonyl (C=O) groups excluding carboxylic acids is 1. The van der Waals surface area contributed by atoms with E-state index >= 15 is 0 Å². The molecule has 0 aliphatic rings. The summed E-state index contributed by atoms with van der Waals surface area (Å²) in [7, 11) is 0. The zero-order chi connectivity index (χ0) is 12.7. The minimum absolute atomic E-state index is 0.164. The van der Waals surface area contributed by atoms with E-state index < -0.39 is 0 Å². The van der Waals surface area contributed by atoms with E-state index in [1.54, 1.807) is 6.92 Å². The first-order valence-corrected chi connectivity index (χ1v) is 5.42. The van der Waals surface area contributed by atoms with Crippen LogP contribution in [0.2, 0.25) is 0 Å². The maximum absolute atomic E-state index is 11.5. The van der Waals surface area contributed by atoms with E-state index in [2.05, 4.69) is 6.58 Å². The summed E-state index contributed by atoms with van der Waals surface area (Å²) in [5.74, 6) is -0.471. The molecule has 1 aromatic carbocycles. The van der Waals surface area contributed by atoms with Crippen LogP contribution in [0.5, 0.6) is 0 Å². The Balaban J connectivity index is 2.36. The van der Waals surface area contributed by atoms with E-state index in [9.17, 15) is 4.79 Å². The number of nitrogens with zero attached hydrogens (tertiary/aromatic N) is 1. The van der Waals surface area contributed by atoms with Crippen LogP contribution < -0.4 is 0 Å². The molecule has 17 heavy (non-hydrogen) atoms. The van der Waals surface area contributed by atoms with Crippen molar-refractivity contribution < 1.29 is 9.53 Å². The highest BCUT2D eigenvalue weighted by atomic mass is 16.5. The number of hydrogen-bond acceptors (Lipinski definition) is 3. The molecule has 1 aromatic rings. The molecule has 0 N–H and O–H groups in total. The van der Waals surface area contributed by atoms with Crippen molar-refractivity contribution in [3.8, 4) is 6.07 Å². The molecule has 3 nitrogen and oxygen atoms in total. The second-order valence-electron chi connectivity index (χ2n) is 3.89. The van der Waals surface area contributed by atoms with Gasteiger partial charge in [-0.15, -0.1) is 0 Å². The number of carbonyl (C=O) groups is 1. The second kappa shape index (κ2) is 6.49. The maximum Gasteiger partial charge on any atom is 0.306 e. The van der Waals surface area contributed by atoms with Crippen molar-refractivity contribution in [2.75, 3.05) is 0 Å². The van der Waals surface area contributed by atoms with Gasteiger partial charge in [0.1, 0.15) is 6.61 Å². The van der Waals surface area contributed by atoms with Gasteiger partial charge in [-0.2, -0.15) is 5.26 Å². The van der Waals surface area contributed by atoms with Crippen molar-refractivity contribution in [1.82, 2.24) is 0 Å². The first-order chi connectivity index (χ1) is 8.13. The minimum Gasteiger partial charge on any atom is -0.461 e.